The van der Waals surface area contributed by atoms with Gasteiger partial charge in [0.25, 0.3) is 0 Å². The number of carbonyl (C=O) groups is 1. The molecule has 1 aromatic carbocycles. The van der Waals surface area contributed by atoms with Gasteiger partial charge >= 0.3 is 5.97 Å². The first-order valence-corrected chi connectivity index (χ1v) is 4.86. The molecule has 1 aromatic rings. The zero-order valence-electron chi connectivity index (χ0n) is 9.85. The maximum atomic E-state index is 10.7. The Morgan fingerprint density at radius 1 is 1.29 bits per heavy atom. The van der Waals surface area contributed by atoms with E-state index in [4.69, 9.17) is 14.6 Å². The molecule has 2 N–H and O–H groups in total. The molecule has 0 saturated carbocycles. The number of carboxylic acids is 1. The van der Waals surface area contributed by atoms with Crippen LogP contribution in [0, 0.1) is 0 Å². The summed E-state index contributed by atoms with van der Waals surface area (Å²) in [7, 11) is 2.88. The molecular weight excluding hydrogens is 224 g/mol. The molecule has 17 heavy (non-hydrogen) atoms. The van der Waals surface area contributed by atoms with Crippen LogP contribution in [-0.4, -0.2) is 30.4 Å². The molecule has 0 radical (unpaired) electrons. The van der Waals surface area contributed by atoms with E-state index in [0.717, 1.165) is 0 Å². The molecule has 0 aliphatic rings. The number of hydrogen-bond donors (Lipinski definition) is 2. The van der Waals surface area contributed by atoms with Gasteiger partial charge in [-0.05, 0) is 19.1 Å². The molecule has 0 spiro atoms. The van der Waals surface area contributed by atoms with Gasteiger partial charge in [0.05, 0.1) is 14.2 Å². The van der Waals surface area contributed by atoms with E-state index in [2.05, 4.69) is 0 Å². The first-order chi connectivity index (χ1) is 7.99. The lowest BCUT2D eigenvalue weighted by molar-refractivity contribution is -0.132. The van der Waals surface area contributed by atoms with E-state index in [1.807, 2.05) is 0 Å². The number of aliphatic carboxylic acids is 1. The molecule has 1 rings (SSSR count). The van der Waals surface area contributed by atoms with Crippen LogP contribution in [0.4, 0.5) is 0 Å². The highest BCUT2D eigenvalue weighted by Gasteiger charge is 2.11. The van der Waals surface area contributed by atoms with Gasteiger partial charge < -0.3 is 19.7 Å². The average Bonchev–Trinajstić information content (AvgIpc) is 2.31. The average molecular weight is 238 g/mol. The number of hydrogen-bond acceptors (Lipinski definition) is 4. The van der Waals surface area contributed by atoms with Crippen molar-refractivity contribution in [3.63, 3.8) is 0 Å². The van der Waals surface area contributed by atoms with Crippen LogP contribution in [0.5, 0.6) is 17.2 Å². The van der Waals surface area contributed by atoms with Gasteiger partial charge in [-0.15, -0.1) is 0 Å². The van der Waals surface area contributed by atoms with Crippen LogP contribution in [0.15, 0.2) is 17.7 Å². The number of phenols is 1. The zero-order chi connectivity index (χ0) is 13.0. The van der Waals surface area contributed by atoms with Crippen molar-refractivity contribution in [1.29, 1.82) is 0 Å². The van der Waals surface area contributed by atoms with Gasteiger partial charge in [0, 0.05) is 17.2 Å². The van der Waals surface area contributed by atoms with E-state index < -0.39 is 5.97 Å². The summed E-state index contributed by atoms with van der Waals surface area (Å²) in [6.45, 7) is 1.44. The summed E-state index contributed by atoms with van der Waals surface area (Å²) >= 11 is 0. The second-order valence-corrected chi connectivity index (χ2v) is 3.40. The second kappa shape index (κ2) is 5.25. The van der Waals surface area contributed by atoms with Gasteiger partial charge in [0.15, 0.2) is 11.5 Å². The lowest BCUT2D eigenvalue weighted by atomic mass is 10.1. The third-order valence-corrected chi connectivity index (χ3v) is 2.24. The fraction of sp³-hybridized carbons (Fsp3) is 0.250. The zero-order valence-corrected chi connectivity index (χ0v) is 9.85. The molecule has 0 fully saturated rings. The van der Waals surface area contributed by atoms with Crippen molar-refractivity contribution in [3.05, 3.63) is 23.3 Å². The Balaban J connectivity index is 3.32. The van der Waals surface area contributed by atoms with Gasteiger partial charge in [-0.2, -0.15) is 0 Å². The van der Waals surface area contributed by atoms with Crippen molar-refractivity contribution >= 4 is 12.0 Å². The summed E-state index contributed by atoms with van der Waals surface area (Å²) in [5.41, 5.74) is 0.441. The SMILES string of the molecule is COc1cc(C=C(C)C(=O)O)c(O)c(OC)c1. The monoisotopic (exact) mass is 238 g/mol. The Hall–Kier alpha value is -2.17. The van der Waals surface area contributed by atoms with E-state index in [1.165, 1.54) is 39.4 Å². The third kappa shape index (κ3) is 2.90. The van der Waals surface area contributed by atoms with E-state index in [1.54, 1.807) is 0 Å². The highest BCUT2D eigenvalue weighted by atomic mass is 16.5. The molecule has 0 aliphatic carbocycles. The van der Waals surface area contributed by atoms with Crippen molar-refractivity contribution < 1.29 is 24.5 Å². The molecule has 0 atom stereocenters. The van der Waals surface area contributed by atoms with Gasteiger partial charge in [-0.25, -0.2) is 4.79 Å². The number of ether oxygens (including phenoxy) is 2. The van der Waals surface area contributed by atoms with Gasteiger partial charge in [0.2, 0.25) is 0 Å². The molecule has 0 unspecified atom stereocenters. The lowest BCUT2D eigenvalue weighted by Gasteiger charge is -2.09. The Bertz CT molecular complexity index is 462. The van der Waals surface area contributed by atoms with Crippen molar-refractivity contribution in [2.45, 2.75) is 6.92 Å². The maximum Gasteiger partial charge on any atom is 0.331 e. The Morgan fingerprint density at radius 2 is 1.94 bits per heavy atom. The summed E-state index contributed by atoms with van der Waals surface area (Å²) in [6.07, 6.45) is 1.35. The highest BCUT2D eigenvalue weighted by Crippen LogP contribution is 2.35. The van der Waals surface area contributed by atoms with Gasteiger partial charge in [-0.3, -0.25) is 0 Å². The molecule has 0 aromatic heterocycles. The van der Waals surface area contributed by atoms with Crippen LogP contribution in [0.2, 0.25) is 0 Å². The van der Waals surface area contributed by atoms with Crippen LogP contribution in [0.1, 0.15) is 12.5 Å². The predicted molar refractivity (Wildman–Crippen MR) is 62.5 cm³/mol. The van der Waals surface area contributed by atoms with Gasteiger partial charge in [-0.1, -0.05) is 0 Å². The molecule has 5 nitrogen and oxygen atoms in total. The van der Waals surface area contributed by atoms with E-state index in [9.17, 15) is 9.90 Å². The van der Waals surface area contributed by atoms with Crippen molar-refractivity contribution in [2.75, 3.05) is 14.2 Å². The molecule has 92 valence electrons. The van der Waals surface area contributed by atoms with Crippen molar-refractivity contribution in [3.8, 4) is 17.2 Å². The summed E-state index contributed by atoms with van der Waals surface area (Å²) in [5, 5.41) is 18.6. The quantitative estimate of drug-likeness (QED) is 0.783. The van der Waals surface area contributed by atoms with E-state index in [-0.39, 0.29) is 17.1 Å². The van der Waals surface area contributed by atoms with Crippen molar-refractivity contribution in [2.24, 2.45) is 0 Å². The molecule has 0 heterocycles. The Kier molecular flexibility index (Phi) is 3.98. The highest BCUT2D eigenvalue weighted by molar-refractivity contribution is 5.92. The minimum absolute atomic E-state index is 0.107. The molecule has 0 saturated heterocycles. The second-order valence-electron chi connectivity index (χ2n) is 3.40. The number of rotatable bonds is 4. The molecular formula is C12H14O5. The number of benzene rings is 1. The fourth-order valence-corrected chi connectivity index (χ4v) is 1.28. The Labute approximate surface area is 98.9 Å². The minimum Gasteiger partial charge on any atom is -0.504 e. The number of methoxy groups -OCH3 is 2. The Morgan fingerprint density at radius 3 is 2.41 bits per heavy atom. The molecule has 0 bridgehead atoms. The first-order valence-electron chi connectivity index (χ1n) is 4.86. The van der Waals surface area contributed by atoms with Crippen LogP contribution >= 0.6 is 0 Å². The van der Waals surface area contributed by atoms with E-state index in [0.29, 0.717) is 11.3 Å². The largest absolute Gasteiger partial charge is 0.504 e. The predicted octanol–water partition coefficient (Wildman–Crippen LogP) is 1.90. The number of aromatic hydroxyl groups is 1. The normalized spacial score (nSPS) is 11.1. The van der Waals surface area contributed by atoms with Crippen LogP contribution in [-0.2, 0) is 4.79 Å². The van der Waals surface area contributed by atoms with Crippen LogP contribution < -0.4 is 9.47 Å². The summed E-state index contributed by atoms with van der Waals surface area (Å²) in [4.78, 5) is 10.7. The minimum atomic E-state index is -1.05. The molecule has 5 heteroatoms. The molecule has 0 amide bonds. The number of phenolic OH excluding ortho intramolecular Hbond substituents is 1. The third-order valence-electron chi connectivity index (χ3n) is 2.24. The summed E-state index contributed by atoms with van der Waals surface area (Å²) in [6, 6.07) is 3.05. The van der Waals surface area contributed by atoms with Crippen molar-refractivity contribution in [1.82, 2.24) is 0 Å². The fourth-order valence-electron chi connectivity index (χ4n) is 1.28. The summed E-state index contributed by atoms with van der Waals surface area (Å²) < 4.78 is 9.99. The maximum absolute atomic E-state index is 10.7. The number of carboxylic acid groups (broad SMARTS) is 1. The first kappa shape index (κ1) is 12.9. The summed E-state index contributed by atoms with van der Waals surface area (Å²) in [5.74, 6) is -0.460. The van der Waals surface area contributed by atoms with Crippen LogP contribution in [0.25, 0.3) is 6.08 Å². The van der Waals surface area contributed by atoms with E-state index >= 15 is 0 Å². The van der Waals surface area contributed by atoms with Gasteiger partial charge in [0.1, 0.15) is 5.75 Å². The molecule has 0 aliphatic heterocycles. The smallest absolute Gasteiger partial charge is 0.331 e. The topological polar surface area (TPSA) is 76.0 Å². The van der Waals surface area contributed by atoms with Crippen LogP contribution in [0.3, 0.4) is 0 Å². The lowest BCUT2D eigenvalue weighted by Crippen LogP contribution is -1.96. The standard InChI is InChI=1S/C12H14O5/c1-7(12(14)15)4-8-5-9(16-2)6-10(17-3)11(8)13/h4-6,13H,1-3H3,(H,14,15).